The summed E-state index contributed by atoms with van der Waals surface area (Å²) in [6.45, 7) is 3.97. The third kappa shape index (κ3) is 2.17. The van der Waals surface area contributed by atoms with Crippen molar-refractivity contribution in [3.63, 3.8) is 0 Å². The Bertz CT molecular complexity index is 619. The highest BCUT2D eigenvalue weighted by molar-refractivity contribution is 6.07. The van der Waals surface area contributed by atoms with Crippen LogP contribution in [-0.2, 0) is 24.5 Å². The van der Waals surface area contributed by atoms with Crippen molar-refractivity contribution in [3.05, 3.63) is 46.8 Å². The molecule has 0 radical (unpaired) electrons. The molecule has 1 aliphatic rings. The van der Waals surface area contributed by atoms with Gasteiger partial charge in [0.05, 0.1) is 19.4 Å². The Morgan fingerprint density at radius 3 is 3.05 bits per heavy atom. The average Bonchev–Trinajstić information content (AvgIpc) is 3.05. The van der Waals surface area contributed by atoms with E-state index in [1.807, 2.05) is 25.1 Å². The van der Waals surface area contributed by atoms with Gasteiger partial charge in [-0.1, -0.05) is 24.3 Å². The van der Waals surface area contributed by atoms with E-state index in [-0.39, 0.29) is 5.78 Å². The summed E-state index contributed by atoms with van der Waals surface area (Å²) < 4.78 is 7.02. The highest BCUT2D eigenvalue weighted by atomic mass is 16.5. The summed E-state index contributed by atoms with van der Waals surface area (Å²) in [5, 5.41) is 7.77. The van der Waals surface area contributed by atoms with E-state index in [1.165, 1.54) is 6.20 Å². The normalized spacial score (nSPS) is 13.5. The first kappa shape index (κ1) is 12.0. The number of benzene rings is 1. The molecule has 2 heterocycles. The zero-order valence-corrected chi connectivity index (χ0v) is 10.8. The number of ketones is 1. The summed E-state index contributed by atoms with van der Waals surface area (Å²) in [4.78, 5) is 12.5. The van der Waals surface area contributed by atoms with E-state index >= 15 is 0 Å². The summed E-state index contributed by atoms with van der Waals surface area (Å²) in [7, 11) is 0. The molecule has 1 aromatic heterocycles. The van der Waals surface area contributed by atoms with Gasteiger partial charge in [-0.3, -0.25) is 4.79 Å². The van der Waals surface area contributed by atoms with Crippen LogP contribution in [0.5, 0.6) is 0 Å². The first-order chi connectivity index (χ1) is 9.29. The molecule has 98 valence electrons. The van der Waals surface area contributed by atoms with Crippen LogP contribution in [0.3, 0.4) is 0 Å². The maximum Gasteiger partial charge on any atom is 0.212 e. The average molecular weight is 257 g/mol. The Balaban J connectivity index is 1.93. The van der Waals surface area contributed by atoms with Crippen LogP contribution in [-0.4, -0.2) is 20.8 Å². The van der Waals surface area contributed by atoms with Gasteiger partial charge in [0.15, 0.2) is 0 Å². The molecule has 0 N–H and O–H groups in total. The zero-order valence-electron chi connectivity index (χ0n) is 10.8. The highest BCUT2D eigenvalue weighted by Crippen LogP contribution is 2.22. The number of carbonyl (C=O) groups excluding carboxylic acids is 1. The largest absolute Gasteiger partial charge is 0.372 e. The predicted octanol–water partition coefficient (Wildman–Crippen LogP) is 1.95. The second-order valence-corrected chi connectivity index (χ2v) is 4.65. The van der Waals surface area contributed by atoms with Crippen LogP contribution in [0.4, 0.5) is 0 Å². The third-order valence-corrected chi connectivity index (χ3v) is 3.27. The van der Waals surface area contributed by atoms with Gasteiger partial charge >= 0.3 is 0 Å². The maximum absolute atomic E-state index is 12.5. The number of aromatic nitrogens is 3. The molecular weight excluding hydrogens is 242 g/mol. The van der Waals surface area contributed by atoms with Gasteiger partial charge in [0.25, 0.3) is 0 Å². The fraction of sp³-hybridized carbons (Fsp3) is 0.357. The molecule has 2 aromatic rings. The molecule has 3 rings (SSSR count). The Labute approximate surface area is 111 Å². The summed E-state index contributed by atoms with van der Waals surface area (Å²) in [5.41, 5.74) is 3.47. The van der Waals surface area contributed by atoms with Crippen molar-refractivity contribution in [1.29, 1.82) is 0 Å². The topological polar surface area (TPSA) is 57.0 Å². The second-order valence-electron chi connectivity index (χ2n) is 4.65. The first-order valence-electron chi connectivity index (χ1n) is 6.42. The molecule has 5 heteroatoms. The lowest BCUT2D eigenvalue weighted by Gasteiger charge is -2.05. The van der Waals surface area contributed by atoms with E-state index in [9.17, 15) is 4.79 Å². The van der Waals surface area contributed by atoms with Crippen molar-refractivity contribution in [2.45, 2.75) is 33.1 Å². The summed E-state index contributed by atoms with van der Waals surface area (Å²) in [6.07, 6.45) is 2.45. The Morgan fingerprint density at radius 1 is 1.37 bits per heavy atom. The van der Waals surface area contributed by atoms with Crippen LogP contribution in [0.15, 0.2) is 24.4 Å². The first-order valence-corrected chi connectivity index (χ1v) is 6.42. The number of rotatable bonds is 4. The minimum Gasteiger partial charge on any atom is -0.372 e. The van der Waals surface area contributed by atoms with Gasteiger partial charge in [-0.05, 0) is 23.6 Å². The molecule has 0 atom stereocenters. The molecule has 0 spiro atoms. The lowest BCUT2D eigenvalue weighted by atomic mass is 10.0. The van der Waals surface area contributed by atoms with Crippen LogP contribution in [0, 0.1) is 0 Å². The second kappa shape index (κ2) is 4.93. The van der Waals surface area contributed by atoms with Gasteiger partial charge in [-0.2, -0.15) is 0 Å². The monoisotopic (exact) mass is 257 g/mol. The zero-order chi connectivity index (χ0) is 13.2. The molecule has 0 saturated carbocycles. The molecule has 19 heavy (non-hydrogen) atoms. The van der Waals surface area contributed by atoms with Crippen molar-refractivity contribution in [2.75, 3.05) is 0 Å². The molecule has 0 unspecified atom stereocenters. The number of hydrogen-bond acceptors (Lipinski definition) is 4. The van der Waals surface area contributed by atoms with Crippen LogP contribution in [0.25, 0.3) is 0 Å². The van der Waals surface area contributed by atoms with Gasteiger partial charge in [0, 0.05) is 12.1 Å². The Kier molecular flexibility index (Phi) is 3.13. The summed E-state index contributed by atoms with van der Waals surface area (Å²) in [6, 6.07) is 5.72. The molecule has 1 aromatic carbocycles. The number of nitrogens with zero attached hydrogens (tertiary/aromatic N) is 3. The van der Waals surface area contributed by atoms with Crippen molar-refractivity contribution < 1.29 is 9.53 Å². The predicted molar refractivity (Wildman–Crippen MR) is 68.7 cm³/mol. The van der Waals surface area contributed by atoms with E-state index in [1.54, 1.807) is 4.68 Å². The van der Waals surface area contributed by atoms with Gasteiger partial charge < -0.3 is 4.74 Å². The SMILES string of the molecule is CCCn1nncc1C(=O)c1ccc2c(c1)COC2. The number of hydrogen-bond donors (Lipinski definition) is 0. The van der Waals surface area contributed by atoms with Crippen LogP contribution in [0.2, 0.25) is 0 Å². The van der Waals surface area contributed by atoms with Crippen LogP contribution >= 0.6 is 0 Å². The van der Waals surface area contributed by atoms with E-state index in [2.05, 4.69) is 10.3 Å². The Morgan fingerprint density at radius 2 is 2.21 bits per heavy atom. The highest BCUT2D eigenvalue weighted by Gasteiger charge is 2.18. The van der Waals surface area contributed by atoms with Crippen molar-refractivity contribution in [1.82, 2.24) is 15.0 Å². The summed E-state index contributed by atoms with van der Waals surface area (Å²) in [5.74, 6) is -0.0341. The van der Waals surface area contributed by atoms with Crippen molar-refractivity contribution in [2.24, 2.45) is 0 Å². The van der Waals surface area contributed by atoms with Gasteiger partial charge in [-0.15, -0.1) is 5.10 Å². The molecule has 0 aliphatic carbocycles. The number of ether oxygens (including phenoxy) is 1. The minimum atomic E-state index is -0.0341. The van der Waals surface area contributed by atoms with Crippen molar-refractivity contribution >= 4 is 5.78 Å². The van der Waals surface area contributed by atoms with E-state index in [0.29, 0.717) is 31.0 Å². The fourth-order valence-corrected chi connectivity index (χ4v) is 2.27. The number of aryl methyl sites for hydroxylation is 1. The summed E-state index contributed by atoms with van der Waals surface area (Å²) >= 11 is 0. The molecule has 0 bridgehead atoms. The van der Waals surface area contributed by atoms with Crippen LogP contribution < -0.4 is 0 Å². The fourth-order valence-electron chi connectivity index (χ4n) is 2.27. The molecular formula is C14H15N3O2. The smallest absolute Gasteiger partial charge is 0.212 e. The molecule has 5 nitrogen and oxygen atoms in total. The van der Waals surface area contributed by atoms with E-state index < -0.39 is 0 Å². The minimum absolute atomic E-state index is 0.0341. The standard InChI is InChI=1S/C14H15N3O2/c1-2-5-17-13(7-15-16-17)14(18)10-3-4-11-8-19-9-12(11)6-10/h3-4,6-7H,2,5,8-9H2,1H3. The third-order valence-electron chi connectivity index (χ3n) is 3.27. The van der Waals surface area contributed by atoms with Gasteiger partial charge in [0.2, 0.25) is 5.78 Å². The number of fused-ring (bicyclic) bond motifs is 1. The molecule has 1 aliphatic heterocycles. The van der Waals surface area contributed by atoms with Crippen LogP contribution in [0.1, 0.15) is 40.5 Å². The lowest BCUT2D eigenvalue weighted by Crippen LogP contribution is -2.11. The van der Waals surface area contributed by atoms with Gasteiger partial charge in [0.1, 0.15) is 5.69 Å². The lowest BCUT2D eigenvalue weighted by molar-refractivity contribution is 0.102. The molecule has 0 saturated heterocycles. The molecule has 0 fully saturated rings. The van der Waals surface area contributed by atoms with Gasteiger partial charge in [-0.25, -0.2) is 4.68 Å². The van der Waals surface area contributed by atoms with E-state index in [4.69, 9.17) is 4.74 Å². The van der Waals surface area contributed by atoms with E-state index in [0.717, 1.165) is 17.5 Å². The molecule has 0 amide bonds. The maximum atomic E-state index is 12.5. The Hall–Kier alpha value is -2.01. The number of carbonyl (C=O) groups is 1. The quantitative estimate of drug-likeness (QED) is 0.785. The van der Waals surface area contributed by atoms with Crippen molar-refractivity contribution in [3.8, 4) is 0 Å².